The largest absolute Gasteiger partial charge is 0.373 e. The van der Waals surface area contributed by atoms with Crippen LogP contribution in [-0.2, 0) is 7.05 Å². The molecule has 2 aromatic rings. The Labute approximate surface area is 131 Å². The molecular weight excluding hydrogens is 336 g/mol. The van der Waals surface area contributed by atoms with Crippen molar-refractivity contribution >= 4 is 27.3 Å². The number of hydrogen-bond donors (Lipinski definition) is 1. The lowest BCUT2D eigenvalue weighted by molar-refractivity contribution is -0.384. The molecule has 1 unspecified atom stereocenters. The van der Waals surface area contributed by atoms with Gasteiger partial charge in [-0.1, -0.05) is 15.9 Å². The lowest BCUT2D eigenvalue weighted by atomic mass is 10.1. The van der Waals surface area contributed by atoms with Gasteiger partial charge in [-0.15, -0.1) is 0 Å². The Bertz CT molecular complexity index is 697. The molecular formula is C14H17BrN4O2. The minimum absolute atomic E-state index is 0.0513. The van der Waals surface area contributed by atoms with Gasteiger partial charge in [-0.3, -0.25) is 14.8 Å². The highest BCUT2D eigenvalue weighted by Gasteiger charge is 2.20. The van der Waals surface area contributed by atoms with E-state index in [4.69, 9.17) is 0 Å². The maximum Gasteiger partial charge on any atom is 0.293 e. The van der Waals surface area contributed by atoms with Gasteiger partial charge in [-0.25, -0.2) is 0 Å². The number of rotatable bonds is 4. The highest BCUT2D eigenvalue weighted by Crippen LogP contribution is 2.32. The van der Waals surface area contributed by atoms with Gasteiger partial charge in [-0.2, -0.15) is 5.10 Å². The number of hydrogen-bond acceptors (Lipinski definition) is 4. The second-order valence-corrected chi connectivity index (χ2v) is 5.91. The predicted molar refractivity (Wildman–Crippen MR) is 85.5 cm³/mol. The van der Waals surface area contributed by atoms with Gasteiger partial charge in [0, 0.05) is 28.8 Å². The molecule has 112 valence electrons. The molecule has 0 aliphatic carbocycles. The number of nitro benzene ring substituents is 1. The molecule has 0 aliphatic rings. The molecule has 6 nitrogen and oxygen atoms in total. The molecule has 0 aliphatic heterocycles. The minimum Gasteiger partial charge on any atom is -0.373 e. The Kier molecular flexibility index (Phi) is 4.32. The molecule has 1 atom stereocenters. The van der Waals surface area contributed by atoms with E-state index in [1.165, 1.54) is 6.07 Å². The van der Waals surface area contributed by atoms with Gasteiger partial charge in [-0.05, 0) is 32.9 Å². The number of anilines is 1. The molecule has 7 heteroatoms. The van der Waals surface area contributed by atoms with Crippen LogP contribution in [0.4, 0.5) is 11.4 Å². The smallest absolute Gasteiger partial charge is 0.293 e. The molecule has 0 saturated carbocycles. The minimum atomic E-state index is -0.386. The van der Waals surface area contributed by atoms with Crippen molar-refractivity contribution in [3.8, 4) is 0 Å². The summed E-state index contributed by atoms with van der Waals surface area (Å²) in [4.78, 5) is 10.8. The summed E-state index contributed by atoms with van der Waals surface area (Å²) in [5.41, 5.74) is 3.59. The predicted octanol–water partition coefficient (Wildman–Crippen LogP) is 3.88. The van der Waals surface area contributed by atoms with Crippen molar-refractivity contribution < 1.29 is 4.92 Å². The summed E-state index contributed by atoms with van der Waals surface area (Å²) in [5, 5.41) is 18.8. The second kappa shape index (κ2) is 5.85. The second-order valence-electron chi connectivity index (χ2n) is 4.99. The van der Waals surface area contributed by atoms with Crippen LogP contribution in [0.1, 0.15) is 29.9 Å². The van der Waals surface area contributed by atoms with E-state index < -0.39 is 0 Å². The fraction of sp³-hybridized carbons (Fsp3) is 0.357. The van der Waals surface area contributed by atoms with E-state index >= 15 is 0 Å². The fourth-order valence-corrected chi connectivity index (χ4v) is 2.85. The van der Waals surface area contributed by atoms with Crippen molar-refractivity contribution in [2.75, 3.05) is 5.32 Å². The number of halogens is 1. The molecule has 0 amide bonds. The first-order chi connectivity index (χ1) is 9.81. The Morgan fingerprint density at radius 1 is 1.43 bits per heavy atom. The fourth-order valence-electron chi connectivity index (χ4n) is 2.50. The Morgan fingerprint density at radius 3 is 2.62 bits per heavy atom. The number of nitrogens with one attached hydrogen (secondary N) is 1. The summed E-state index contributed by atoms with van der Waals surface area (Å²) in [6, 6.07) is 4.92. The molecule has 21 heavy (non-hydrogen) atoms. The number of benzene rings is 1. The first kappa shape index (κ1) is 15.5. The Balaban J connectivity index is 2.36. The van der Waals surface area contributed by atoms with Gasteiger partial charge in [0.25, 0.3) is 5.69 Å². The summed E-state index contributed by atoms with van der Waals surface area (Å²) in [5.74, 6) is 0. The summed E-state index contributed by atoms with van der Waals surface area (Å²) >= 11 is 3.26. The van der Waals surface area contributed by atoms with E-state index in [-0.39, 0.29) is 16.7 Å². The highest BCUT2D eigenvalue weighted by molar-refractivity contribution is 9.10. The van der Waals surface area contributed by atoms with Crippen LogP contribution < -0.4 is 5.32 Å². The van der Waals surface area contributed by atoms with Gasteiger partial charge in [0.15, 0.2) is 0 Å². The zero-order chi connectivity index (χ0) is 15.7. The molecule has 1 aromatic heterocycles. The quantitative estimate of drug-likeness (QED) is 0.669. The average Bonchev–Trinajstić information content (AvgIpc) is 2.65. The van der Waals surface area contributed by atoms with Crippen LogP contribution in [0.5, 0.6) is 0 Å². The van der Waals surface area contributed by atoms with Crippen LogP contribution in [-0.4, -0.2) is 14.7 Å². The molecule has 0 fully saturated rings. The third kappa shape index (κ3) is 3.07. The Morgan fingerprint density at radius 2 is 2.10 bits per heavy atom. The number of nitrogens with zero attached hydrogens (tertiary/aromatic N) is 3. The van der Waals surface area contributed by atoms with Crippen LogP contribution in [0.15, 0.2) is 22.7 Å². The number of aryl methyl sites for hydroxylation is 2. The topological polar surface area (TPSA) is 73.0 Å². The normalized spacial score (nSPS) is 12.2. The van der Waals surface area contributed by atoms with Gasteiger partial charge >= 0.3 is 0 Å². The van der Waals surface area contributed by atoms with Gasteiger partial charge in [0.1, 0.15) is 5.69 Å². The summed E-state index contributed by atoms with van der Waals surface area (Å²) in [6.45, 7) is 5.91. The van der Waals surface area contributed by atoms with E-state index in [0.29, 0.717) is 10.2 Å². The lowest BCUT2D eigenvalue weighted by Gasteiger charge is -2.16. The average molecular weight is 353 g/mol. The summed E-state index contributed by atoms with van der Waals surface area (Å²) in [7, 11) is 1.89. The lowest BCUT2D eigenvalue weighted by Crippen LogP contribution is -2.10. The van der Waals surface area contributed by atoms with Gasteiger partial charge in [0.05, 0.1) is 16.7 Å². The summed E-state index contributed by atoms with van der Waals surface area (Å²) in [6.07, 6.45) is 0. The van der Waals surface area contributed by atoms with Crippen molar-refractivity contribution in [3.63, 3.8) is 0 Å². The van der Waals surface area contributed by atoms with Crippen LogP contribution in [0.3, 0.4) is 0 Å². The van der Waals surface area contributed by atoms with E-state index in [0.717, 1.165) is 17.0 Å². The zero-order valence-corrected chi connectivity index (χ0v) is 13.9. The van der Waals surface area contributed by atoms with Crippen molar-refractivity contribution in [1.29, 1.82) is 0 Å². The van der Waals surface area contributed by atoms with Crippen molar-refractivity contribution in [2.24, 2.45) is 7.05 Å². The number of aromatic nitrogens is 2. The first-order valence-corrected chi connectivity index (χ1v) is 7.31. The maximum atomic E-state index is 11.2. The highest BCUT2D eigenvalue weighted by atomic mass is 79.9. The van der Waals surface area contributed by atoms with E-state index in [2.05, 4.69) is 26.3 Å². The molecule has 0 spiro atoms. The molecule has 1 N–H and O–H groups in total. The maximum absolute atomic E-state index is 11.2. The van der Waals surface area contributed by atoms with Gasteiger partial charge < -0.3 is 5.32 Å². The molecule has 1 heterocycles. The van der Waals surface area contributed by atoms with Crippen molar-refractivity contribution in [1.82, 2.24) is 9.78 Å². The molecule has 0 radical (unpaired) electrons. The SMILES string of the molecule is Cc1nn(C)c(C)c1C(C)Nc1ccc(Br)cc1[N+](=O)[O-]. The molecule has 0 saturated heterocycles. The standard InChI is InChI=1S/C14H17BrN4O2/c1-8(14-9(2)17-18(4)10(14)3)16-12-6-5-11(15)7-13(12)19(20)21/h5-8,16H,1-4H3. The van der Waals surface area contributed by atoms with Crippen LogP contribution in [0.2, 0.25) is 0 Å². The molecule has 2 rings (SSSR count). The molecule has 1 aromatic carbocycles. The summed E-state index contributed by atoms with van der Waals surface area (Å²) < 4.78 is 2.50. The van der Waals surface area contributed by atoms with E-state index in [9.17, 15) is 10.1 Å². The third-order valence-corrected chi connectivity index (χ3v) is 4.02. The monoisotopic (exact) mass is 352 g/mol. The number of nitro groups is 1. The molecule has 0 bridgehead atoms. The third-order valence-electron chi connectivity index (χ3n) is 3.53. The van der Waals surface area contributed by atoms with Crippen LogP contribution in [0.25, 0.3) is 0 Å². The van der Waals surface area contributed by atoms with Crippen molar-refractivity contribution in [2.45, 2.75) is 26.8 Å². The zero-order valence-electron chi connectivity index (χ0n) is 12.3. The van der Waals surface area contributed by atoms with E-state index in [1.807, 2.05) is 32.5 Å². The van der Waals surface area contributed by atoms with Gasteiger partial charge in [0.2, 0.25) is 0 Å². The Hall–Kier alpha value is -1.89. The van der Waals surface area contributed by atoms with E-state index in [1.54, 1.807) is 12.1 Å². The van der Waals surface area contributed by atoms with Crippen LogP contribution >= 0.6 is 15.9 Å². The first-order valence-electron chi connectivity index (χ1n) is 6.51. The van der Waals surface area contributed by atoms with Crippen LogP contribution in [0, 0.1) is 24.0 Å². The van der Waals surface area contributed by atoms with Crippen molar-refractivity contribution in [3.05, 3.63) is 49.7 Å².